The van der Waals surface area contributed by atoms with Crippen LogP contribution in [0, 0.1) is 11.6 Å². The van der Waals surface area contributed by atoms with E-state index in [4.69, 9.17) is 9.47 Å². The van der Waals surface area contributed by atoms with Crippen molar-refractivity contribution in [3.05, 3.63) is 35.4 Å². The Kier molecular flexibility index (Phi) is 8.97. The summed E-state index contributed by atoms with van der Waals surface area (Å²) in [6, 6.07) is 3.43. The van der Waals surface area contributed by atoms with Gasteiger partial charge < -0.3 is 9.47 Å². The summed E-state index contributed by atoms with van der Waals surface area (Å²) in [5.74, 6) is -2.73. The van der Waals surface area contributed by atoms with Crippen LogP contribution < -0.4 is 0 Å². The van der Waals surface area contributed by atoms with E-state index in [-0.39, 0.29) is 18.4 Å². The van der Waals surface area contributed by atoms with Crippen LogP contribution in [0.3, 0.4) is 0 Å². The molecule has 6 heteroatoms. The molecule has 1 rings (SSSR count). The highest BCUT2D eigenvalue weighted by Gasteiger charge is 2.20. The number of hydrogen-bond donors (Lipinski definition) is 0. The summed E-state index contributed by atoms with van der Waals surface area (Å²) in [7, 11) is 0. The van der Waals surface area contributed by atoms with Gasteiger partial charge in [-0.3, -0.25) is 9.59 Å². The Morgan fingerprint density at radius 3 is 2.29 bits per heavy atom. The molecule has 0 aliphatic heterocycles. The SMILES string of the molecule is CCCCCCOC(=O)CCC(=O)OC(C)c1c(F)cccc1F. The number of carbonyl (C=O) groups excluding carboxylic acids is 2. The molecule has 0 saturated heterocycles. The standard InChI is InChI=1S/C18H24F2O4/c1-3-4-5-6-12-23-16(21)10-11-17(22)24-13(2)18-14(19)8-7-9-15(18)20/h7-9,13H,3-6,10-12H2,1-2H3. The molecule has 0 radical (unpaired) electrons. The molecule has 0 spiro atoms. The van der Waals surface area contributed by atoms with Gasteiger partial charge in [-0.15, -0.1) is 0 Å². The van der Waals surface area contributed by atoms with Gasteiger partial charge in [0.2, 0.25) is 0 Å². The first-order valence-electron chi connectivity index (χ1n) is 8.24. The Morgan fingerprint density at radius 2 is 1.67 bits per heavy atom. The third-order valence-electron chi connectivity index (χ3n) is 3.51. The molecule has 0 bridgehead atoms. The molecule has 0 aromatic heterocycles. The van der Waals surface area contributed by atoms with E-state index >= 15 is 0 Å². The molecule has 0 amide bonds. The predicted octanol–water partition coefficient (Wildman–Crippen LogP) is 4.47. The smallest absolute Gasteiger partial charge is 0.306 e. The van der Waals surface area contributed by atoms with Crippen molar-refractivity contribution in [3.8, 4) is 0 Å². The third kappa shape index (κ3) is 7.06. The second-order valence-electron chi connectivity index (χ2n) is 5.55. The van der Waals surface area contributed by atoms with E-state index in [2.05, 4.69) is 6.92 Å². The van der Waals surface area contributed by atoms with Gasteiger partial charge in [-0.2, -0.15) is 0 Å². The lowest BCUT2D eigenvalue weighted by Crippen LogP contribution is -2.14. The molecular formula is C18H24F2O4. The number of unbranched alkanes of at least 4 members (excludes halogenated alkanes) is 3. The molecule has 1 aromatic carbocycles. The van der Waals surface area contributed by atoms with Crippen LogP contribution in [0.1, 0.15) is 64.0 Å². The zero-order chi connectivity index (χ0) is 17.9. The fourth-order valence-corrected chi connectivity index (χ4v) is 2.21. The predicted molar refractivity (Wildman–Crippen MR) is 85.2 cm³/mol. The molecule has 1 atom stereocenters. The lowest BCUT2D eigenvalue weighted by Gasteiger charge is -2.15. The molecule has 0 N–H and O–H groups in total. The average molecular weight is 342 g/mol. The third-order valence-corrected chi connectivity index (χ3v) is 3.51. The molecular weight excluding hydrogens is 318 g/mol. The number of carbonyl (C=O) groups is 2. The number of esters is 2. The van der Waals surface area contributed by atoms with Crippen LogP contribution in [-0.4, -0.2) is 18.5 Å². The van der Waals surface area contributed by atoms with Crippen LogP contribution in [0.5, 0.6) is 0 Å². The van der Waals surface area contributed by atoms with Crippen molar-refractivity contribution in [1.29, 1.82) is 0 Å². The maximum absolute atomic E-state index is 13.6. The Bertz CT molecular complexity index is 526. The van der Waals surface area contributed by atoms with E-state index in [0.717, 1.165) is 37.8 Å². The monoisotopic (exact) mass is 342 g/mol. The molecule has 1 unspecified atom stereocenters. The zero-order valence-electron chi connectivity index (χ0n) is 14.1. The second-order valence-corrected chi connectivity index (χ2v) is 5.55. The molecule has 1 aromatic rings. The van der Waals surface area contributed by atoms with E-state index in [1.165, 1.54) is 13.0 Å². The first kappa shape index (κ1) is 20.1. The van der Waals surface area contributed by atoms with Gasteiger partial charge in [-0.25, -0.2) is 8.78 Å². The maximum atomic E-state index is 13.6. The van der Waals surface area contributed by atoms with E-state index in [1.807, 2.05) is 0 Å². The normalized spacial score (nSPS) is 11.8. The number of benzene rings is 1. The highest BCUT2D eigenvalue weighted by Crippen LogP contribution is 2.23. The second kappa shape index (κ2) is 10.7. The summed E-state index contributed by atoms with van der Waals surface area (Å²) in [5, 5.41) is 0. The van der Waals surface area contributed by atoms with Gasteiger partial charge in [-0.05, 0) is 25.5 Å². The van der Waals surface area contributed by atoms with E-state index < -0.39 is 29.7 Å². The van der Waals surface area contributed by atoms with Crippen molar-refractivity contribution >= 4 is 11.9 Å². The molecule has 0 aliphatic rings. The highest BCUT2D eigenvalue weighted by molar-refractivity contribution is 5.77. The summed E-state index contributed by atoms with van der Waals surface area (Å²) in [4.78, 5) is 23.2. The largest absolute Gasteiger partial charge is 0.466 e. The van der Waals surface area contributed by atoms with Gasteiger partial charge in [0.1, 0.15) is 17.7 Å². The molecule has 0 aliphatic carbocycles. The average Bonchev–Trinajstić information content (AvgIpc) is 2.52. The first-order valence-corrected chi connectivity index (χ1v) is 8.24. The summed E-state index contributed by atoms with van der Waals surface area (Å²) in [5.41, 5.74) is -0.302. The van der Waals surface area contributed by atoms with Crippen LogP contribution in [0.4, 0.5) is 8.78 Å². The van der Waals surface area contributed by atoms with Crippen molar-refractivity contribution in [3.63, 3.8) is 0 Å². The number of ether oxygens (including phenoxy) is 2. The van der Waals surface area contributed by atoms with Crippen LogP contribution >= 0.6 is 0 Å². The summed E-state index contributed by atoms with van der Waals surface area (Å²) in [6.07, 6.45) is 2.62. The van der Waals surface area contributed by atoms with Gasteiger partial charge >= 0.3 is 11.9 Å². The topological polar surface area (TPSA) is 52.6 Å². The molecule has 0 heterocycles. The van der Waals surface area contributed by atoms with Crippen molar-refractivity contribution < 1.29 is 27.8 Å². The lowest BCUT2D eigenvalue weighted by molar-refractivity contribution is -0.153. The highest BCUT2D eigenvalue weighted by atomic mass is 19.1. The van der Waals surface area contributed by atoms with E-state index in [1.54, 1.807) is 0 Å². The molecule has 4 nitrogen and oxygen atoms in total. The van der Waals surface area contributed by atoms with Crippen LogP contribution in [0.25, 0.3) is 0 Å². The van der Waals surface area contributed by atoms with E-state index in [0.29, 0.717) is 6.61 Å². The molecule has 0 fully saturated rings. The fourth-order valence-electron chi connectivity index (χ4n) is 2.21. The van der Waals surface area contributed by atoms with Crippen molar-refractivity contribution in [2.45, 2.75) is 58.5 Å². The summed E-state index contributed by atoms with van der Waals surface area (Å²) < 4.78 is 37.2. The Balaban J connectivity index is 2.32. The molecule has 24 heavy (non-hydrogen) atoms. The van der Waals surface area contributed by atoms with Gasteiger partial charge in [0, 0.05) is 0 Å². The van der Waals surface area contributed by atoms with Gasteiger partial charge in [0.05, 0.1) is 25.0 Å². The van der Waals surface area contributed by atoms with Crippen LogP contribution in [0.15, 0.2) is 18.2 Å². The van der Waals surface area contributed by atoms with Crippen LogP contribution in [-0.2, 0) is 19.1 Å². The van der Waals surface area contributed by atoms with Gasteiger partial charge in [-0.1, -0.05) is 32.3 Å². The quantitative estimate of drug-likeness (QED) is 0.465. The molecule has 0 saturated carbocycles. The minimum Gasteiger partial charge on any atom is -0.466 e. The van der Waals surface area contributed by atoms with Crippen molar-refractivity contribution in [1.82, 2.24) is 0 Å². The summed E-state index contributed by atoms with van der Waals surface area (Å²) in [6.45, 7) is 3.81. The lowest BCUT2D eigenvalue weighted by atomic mass is 10.1. The fraction of sp³-hybridized carbons (Fsp3) is 0.556. The first-order chi connectivity index (χ1) is 11.5. The summed E-state index contributed by atoms with van der Waals surface area (Å²) >= 11 is 0. The number of hydrogen-bond acceptors (Lipinski definition) is 4. The number of halogens is 2. The Morgan fingerprint density at radius 1 is 1.04 bits per heavy atom. The zero-order valence-corrected chi connectivity index (χ0v) is 14.1. The van der Waals surface area contributed by atoms with Crippen LogP contribution in [0.2, 0.25) is 0 Å². The molecule has 134 valence electrons. The van der Waals surface area contributed by atoms with Gasteiger partial charge in [0.15, 0.2) is 0 Å². The minimum atomic E-state index is -1.07. The van der Waals surface area contributed by atoms with Gasteiger partial charge in [0.25, 0.3) is 0 Å². The maximum Gasteiger partial charge on any atom is 0.306 e. The van der Waals surface area contributed by atoms with Crippen molar-refractivity contribution in [2.75, 3.05) is 6.61 Å². The Labute approximate surface area is 141 Å². The number of rotatable bonds is 10. The van der Waals surface area contributed by atoms with E-state index in [9.17, 15) is 18.4 Å². The van der Waals surface area contributed by atoms with Crippen molar-refractivity contribution in [2.24, 2.45) is 0 Å². The Hall–Kier alpha value is -1.98. The minimum absolute atomic E-state index is 0.112.